The molecule has 0 aliphatic carbocycles. The Labute approximate surface area is 167 Å². The van der Waals surface area contributed by atoms with Crippen LogP contribution in [0.1, 0.15) is 26.5 Å². The van der Waals surface area contributed by atoms with Crippen molar-refractivity contribution in [2.45, 2.75) is 6.54 Å². The molecule has 0 atom stereocenters. The van der Waals surface area contributed by atoms with Crippen molar-refractivity contribution in [2.75, 3.05) is 12.4 Å². The molecule has 0 saturated carbocycles. The zero-order valence-electron chi connectivity index (χ0n) is 15.1. The van der Waals surface area contributed by atoms with Gasteiger partial charge in [-0.25, -0.2) is 4.98 Å². The Balaban J connectivity index is 1.69. The Morgan fingerprint density at radius 3 is 2.36 bits per heavy atom. The Hall–Kier alpha value is -3.38. The Bertz CT molecular complexity index is 1010. The van der Waals surface area contributed by atoms with Crippen molar-refractivity contribution >= 4 is 29.1 Å². The number of nitrogens with zero attached hydrogens (tertiary/aromatic N) is 1. The van der Waals surface area contributed by atoms with Crippen LogP contribution in [0, 0.1) is 0 Å². The fourth-order valence-electron chi connectivity index (χ4n) is 2.55. The number of rotatable bonds is 6. The van der Waals surface area contributed by atoms with Gasteiger partial charge in [-0.05, 0) is 30.3 Å². The second kappa shape index (κ2) is 9.01. The van der Waals surface area contributed by atoms with E-state index in [0.29, 0.717) is 16.5 Å². The van der Waals surface area contributed by atoms with Gasteiger partial charge in [-0.1, -0.05) is 48.0 Å². The number of carbonyl (C=O) groups excluding carboxylic acids is 2. The van der Waals surface area contributed by atoms with Crippen LogP contribution in [0.3, 0.4) is 0 Å². The number of hydrogen-bond acceptors (Lipinski definition) is 4. The quantitative estimate of drug-likeness (QED) is 0.662. The number of carbonyl (C=O) groups is 2. The number of halogens is 1. The first-order chi connectivity index (χ1) is 13.6. The summed E-state index contributed by atoms with van der Waals surface area (Å²) in [5.41, 5.74) is 1.57. The van der Waals surface area contributed by atoms with E-state index in [0.717, 1.165) is 5.56 Å². The molecule has 2 aromatic carbocycles. The second-order valence-corrected chi connectivity index (χ2v) is 6.24. The predicted molar refractivity (Wildman–Crippen MR) is 108 cm³/mol. The number of hydrogen-bond donors (Lipinski definition) is 2. The molecule has 0 aliphatic heterocycles. The normalized spacial score (nSPS) is 10.2. The van der Waals surface area contributed by atoms with E-state index in [1.165, 1.54) is 6.07 Å². The smallest absolute Gasteiger partial charge is 0.274 e. The van der Waals surface area contributed by atoms with Gasteiger partial charge in [-0.3, -0.25) is 9.59 Å². The lowest BCUT2D eigenvalue weighted by molar-refractivity contribution is 0.0945. The summed E-state index contributed by atoms with van der Waals surface area (Å²) in [6.07, 6.45) is 0. The zero-order valence-corrected chi connectivity index (χ0v) is 15.9. The largest absolute Gasteiger partial charge is 0.496 e. The van der Waals surface area contributed by atoms with Crippen LogP contribution in [-0.2, 0) is 6.54 Å². The third-order valence-electron chi connectivity index (χ3n) is 3.97. The molecule has 0 spiro atoms. The lowest BCUT2D eigenvalue weighted by atomic mass is 10.2. The third kappa shape index (κ3) is 4.66. The molecule has 7 heteroatoms. The van der Waals surface area contributed by atoms with Crippen LogP contribution in [0.25, 0.3) is 0 Å². The van der Waals surface area contributed by atoms with Crippen LogP contribution >= 0.6 is 11.6 Å². The van der Waals surface area contributed by atoms with Gasteiger partial charge in [0.2, 0.25) is 0 Å². The van der Waals surface area contributed by atoms with E-state index in [4.69, 9.17) is 16.3 Å². The van der Waals surface area contributed by atoms with E-state index in [1.54, 1.807) is 43.5 Å². The molecular weight excluding hydrogens is 378 g/mol. The maximum absolute atomic E-state index is 12.4. The molecule has 142 valence electrons. The number of para-hydroxylation sites is 2. The minimum atomic E-state index is -0.451. The number of benzene rings is 2. The molecule has 1 aromatic heterocycles. The molecule has 0 aliphatic rings. The summed E-state index contributed by atoms with van der Waals surface area (Å²) in [6.45, 7) is 0.278. The van der Waals surface area contributed by atoms with Crippen LogP contribution in [0.2, 0.25) is 5.02 Å². The molecular formula is C21H18ClN3O3. The van der Waals surface area contributed by atoms with Crippen molar-refractivity contribution in [3.63, 3.8) is 0 Å². The van der Waals surface area contributed by atoms with Crippen LogP contribution in [0.4, 0.5) is 5.69 Å². The first-order valence-electron chi connectivity index (χ1n) is 8.51. The summed E-state index contributed by atoms with van der Waals surface area (Å²) in [7, 11) is 1.57. The highest BCUT2D eigenvalue weighted by Crippen LogP contribution is 2.21. The predicted octanol–water partition coefficient (Wildman–Crippen LogP) is 3.93. The van der Waals surface area contributed by atoms with Crippen molar-refractivity contribution in [2.24, 2.45) is 0 Å². The van der Waals surface area contributed by atoms with Gasteiger partial charge in [0.1, 0.15) is 17.1 Å². The molecule has 28 heavy (non-hydrogen) atoms. The fourth-order valence-corrected chi connectivity index (χ4v) is 2.73. The van der Waals surface area contributed by atoms with Gasteiger partial charge in [-0.2, -0.15) is 0 Å². The summed E-state index contributed by atoms with van der Waals surface area (Å²) in [6, 6.07) is 19.0. The molecule has 0 saturated heterocycles. The van der Waals surface area contributed by atoms with Gasteiger partial charge < -0.3 is 15.4 Å². The fraction of sp³-hybridized carbons (Fsp3) is 0.0952. The number of amides is 2. The maximum atomic E-state index is 12.4. The van der Waals surface area contributed by atoms with E-state index in [-0.39, 0.29) is 17.9 Å². The number of nitrogens with one attached hydrogen (secondary N) is 2. The minimum Gasteiger partial charge on any atom is -0.496 e. The average molecular weight is 396 g/mol. The molecule has 0 radical (unpaired) electrons. The first kappa shape index (κ1) is 19.4. The van der Waals surface area contributed by atoms with Gasteiger partial charge >= 0.3 is 0 Å². The highest BCUT2D eigenvalue weighted by atomic mass is 35.5. The summed E-state index contributed by atoms with van der Waals surface area (Å²) in [4.78, 5) is 29.0. The molecule has 1 heterocycles. The average Bonchev–Trinajstić information content (AvgIpc) is 2.74. The van der Waals surface area contributed by atoms with Crippen LogP contribution < -0.4 is 15.4 Å². The van der Waals surface area contributed by atoms with E-state index in [2.05, 4.69) is 15.6 Å². The van der Waals surface area contributed by atoms with E-state index in [9.17, 15) is 9.59 Å². The Morgan fingerprint density at radius 1 is 0.929 bits per heavy atom. The van der Waals surface area contributed by atoms with Gasteiger partial charge in [0.05, 0.1) is 17.8 Å². The highest BCUT2D eigenvalue weighted by molar-refractivity contribution is 6.33. The van der Waals surface area contributed by atoms with Gasteiger partial charge in [0.15, 0.2) is 0 Å². The summed E-state index contributed by atoms with van der Waals surface area (Å²) in [5.74, 6) is -0.158. The Morgan fingerprint density at radius 2 is 1.61 bits per heavy atom. The Kier molecular flexibility index (Phi) is 6.24. The lowest BCUT2D eigenvalue weighted by Gasteiger charge is -2.10. The van der Waals surface area contributed by atoms with Crippen LogP contribution in [0.5, 0.6) is 5.75 Å². The van der Waals surface area contributed by atoms with Crippen LogP contribution in [0.15, 0.2) is 66.7 Å². The van der Waals surface area contributed by atoms with Crippen LogP contribution in [-0.4, -0.2) is 23.9 Å². The molecule has 3 rings (SSSR count). The summed E-state index contributed by atoms with van der Waals surface area (Å²) >= 11 is 6.05. The number of aromatic nitrogens is 1. The molecule has 2 amide bonds. The molecule has 0 fully saturated rings. The lowest BCUT2D eigenvalue weighted by Crippen LogP contribution is -2.25. The van der Waals surface area contributed by atoms with E-state index in [1.807, 2.05) is 24.3 Å². The minimum absolute atomic E-state index is 0.116. The number of anilines is 1. The maximum Gasteiger partial charge on any atom is 0.274 e. The van der Waals surface area contributed by atoms with Crippen molar-refractivity contribution in [1.29, 1.82) is 0 Å². The van der Waals surface area contributed by atoms with Gasteiger partial charge in [-0.15, -0.1) is 0 Å². The molecule has 2 N–H and O–H groups in total. The second-order valence-electron chi connectivity index (χ2n) is 5.84. The molecule has 6 nitrogen and oxygen atoms in total. The molecule has 3 aromatic rings. The first-order valence-corrected chi connectivity index (χ1v) is 8.89. The number of pyridine rings is 1. The highest BCUT2D eigenvalue weighted by Gasteiger charge is 2.14. The molecule has 0 unspecified atom stereocenters. The third-order valence-corrected chi connectivity index (χ3v) is 4.30. The van der Waals surface area contributed by atoms with Gasteiger partial charge in [0, 0.05) is 12.1 Å². The SMILES string of the molecule is COc1ccccc1CNC(=O)c1cccc(C(=O)Nc2ccccc2Cl)n1. The zero-order chi connectivity index (χ0) is 19.9. The number of methoxy groups -OCH3 is 1. The summed E-state index contributed by atoms with van der Waals surface area (Å²) < 4.78 is 5.27. The monoisotopic (exact) mass is 395 g/mol. The molecule has 0 bridgehead atoms. The van der Waals surface area contributed by atoms with Crippen molar-refractivity contribution < 1.29 is 14.3 Å². The topological polar surface area (TPSA) is 80.3 Å². The van der Waals surface area contributed by atoms with Crippen molar-refractivity contribution in [1.82, 2.24) is 10.3 Å². The number of ether oxygens (including phenoxy) is 1. The summed E-state index contributed by atoms with van der Waals surface area (Å²) in [5, 5.41) is 5.88. The van der Waals surface area contributed by atoms with E-state index >= 15 is 0 Å². The van der Waals surface area contributed by atoms with E-state index < -0.39 is 11.8 Å². The van der Waals surface area contributed by atoms with Gasteiger partial charge in [0.25, 0.3) is 11.8 Å². The van der Waals surface area contributed by atoms with Crippen molar-refractivity contribution in [3.05, 3.63) is 88.7 Å². The standard InChI is InChI=1S/C21H18ClN3O3/c1-28-19-12-5-2-7-14(19)13-23-20(26)17-10-6-11-18(24-17)21(27)25-16-9-4-3-8-15(16)22/h2-12H,13H2,1H3,(H,23,26)(H,25,27). The van der Waals surface area contributed by atoms with Crippen molar-refractivity contribution in [3.8, 4) is 5.75 Å².